The highest BCUT2D eigenvalue weighted by atomic mass is 16.2. The Morgan fingerprint density at radius 2 is 1.52 bits per heavy atom. The number of likely N-dealkylation sites (tertiary alicyclic amines) is 1. The van der Waals surface area contributed by atoms with Gasteiger partial charge in [0.1, 0.15) is 0 Å². The Morgan fingerprint density at radius 3 is 2.03 bits per heavy atom. The van der Waals surface area contributed by atoms with Crippen LogP contribution in [-0.2, 0) is 28.9 Å². The third-order valence-electron chi connectivity index (χ3n) is 6.16. The first-order chi connectivity index (χ1) is 14.0. The minimum Gasteiger partial charge on any atom is -0.365 e. The monoisotopic (exact) mass is 392 g/mol. The van der Waals surface area contributed by atoms with Crippen LogP contribution in [0.2, 0.25) is 0 Å². The molecule has 0 aliphatic carbocycles. The largest absolute Gasteiger partial charge is 0.365 e. The number of nitrogens with two attached hydrogens (primary N) is 1. The zero-order valence-electron chi connectivity index (χ0n) is 16.8. The summed E-state index contributed by atoms with van der Waals surface area (Å²) >= 11 is 0. The van der Waals surface area contributed by atoms with Crippen LogP contribution in [0.25, 0.3) is 0 Å². The van der Waals surface area contributed by atoms with Crippen molar-refractivity contribution in [3.8, 4) is 0 Å². The summed E-state index contributed by atoms with van der Waals surface area (Å²) in [5.41, 5.74) is 6.95. The highest BCUT2D eigenvalue weighted by molar-refractivity contribution is 5.77. The molecule has 2 fully saturated rings. The zero-order chi connectivity index (χ0) is 20.4. The number of carbonyl (C=O) groups excluding carboxylic acids is 2. The summed E-state index contributed by atoms with van der Waals surface area (Å²) in [6, 6.07) is 17.8. The molecule has 2 aliphatic heterocycles. The Kier molecular flexibility index (Phi) is 5.53. The van der Waals surface area contributed by atoms with Crippen LogP contribution in [0.1, 0.15) is 30.0 Å². The summed E-state index contributed by atoms with van der Waals surface area (Å²) in [5, 5.41) is 0. The molecular weight excluding hydrogens is 364 g/mol. The molecule has 2 aromatic rings. The van der Waals surface area contributed by atoms with Crippen molar-refractivity contribution < 1.29 is 9.59 Å². The number of rotatable bonds is 6. The molecular formula is C23H28N4O2. The van der Waals surface area contributed by atoms with Gasteiger partial charge in [0.25, 0.3) is 0 Å². The molecule has 2 saturated heterocycles. The Labute approximate surface area is 171 Å². The average molecular weight is 393 g/mol. The number of piperazine rings is 1. The molecule has 0 aromatic heterocycles. The second-order valence-corrected chi connectivity index (χ2v) is 8.09. The van der Waals surface area contributed by atoms with E-state index in [4.69, 9.17) is 5.84 Å². The van der Waals surface area contributed by atoms with Gasteiger partial charge in [-0.3, -0.25) is 15.0 Å². The summed E-state index contributed by atoms with van der Waals surface area (Å²) in [4.78, 5) is 27.5. The molecule has 2 atom stereocenters. The van der Waals surface area contributed by atoms with E-state index >= 15 is 0 Å². The van der Waals surface area contributed by atoms with Gasteiger partial charge < -0.3 is 9.80 Å². The highest BCUT2D eigenvalue weighted by Gasteiger charge is 2.44. The fraction of sp³-hybridized carbons (Fsp3) is 0.391. The van der Waals surface area contributed by atoms with Crippen LogP contribution in [0.3, 0.4) is 0 Å². The van der Waals surface area contributed by atoms with Gasteiger partial charge in [-0.15, -0.1) is 0 Å². The maximum absolute atomic E-state index is 11.7. The second kappa shape index (κ2) is 8.25. The molecule has 2 aliphatic rings. The number of anilines is 1. The maximum atomic E-state index is 11.7. The quantitative estimate of drug-likeness (QED) is 0.447. The van der Waals surface area contributed by atoms with Gasteiger partial charge in [-0.2, -0.15) is 0 Å². The van der Waals surface area contributed by atoms with Gasteiger partial charge in [-0.1, -0.05) is 36.4 Å². The molecule has 6 nitrogen and oxygen atoms in total. The lowest BCUT2D eigenvalue weighted by atomic mass is 10.0. The van der Waals surface area contributed by atoms with E-state index < -0.39 is 0 Å². The molecule has 0 saturated carbocycles. The predicted octanol–water partition coefficient (Wildman–Crippen LogP) is 1.81. The number of fused-ring (bicyclic) bond motifs is 2. The van der Waals surface area contributed by atoms with Gasteiger partial charge in [-0.25, -0.2) is 5.84 Å². The predicted molar refractivity (Wildman–Crippen MR) is 113 cm³/mol. The number of benzene rings is 2. The Hall–Kier alpha value is -2.86. The van der Waals surface area contributed by atoms with Crippen molar-refractivity contribution in [2.75, 3.05) is 18.0 Å². The van der Waals surface area contributed by atoms with E-state index in [0.717, 1.165) is 37.9 Å². The number of hydrogen-bond acceptors (Lipinski definition) is 4. The van der Waals surface area contributed by atoms with Crippen molar-refractivity contribution >= 4 is 17.5 Å². The van der Waals surface area contributed by atoms with Gasteiger partial charge in [0.05, 0.1) is 12.5 Å². The fourth-order valence-corrected chi connectivity index (χ4v) is 4.57. The van der Waals surface area contributed by atoms with Crippen molar-refractivity contribution in [2.45, 2.75) is 44.7 Å². The first-order valence-corrected chi connectivity index (χ1v) is 10.2. The highest BCUT2D eigenvalue weighted by Crippen LogP contribution is 2.34. The van der Waals surface area contributed by atoms with Crippen LogP contribution in [-0.4, -0.2) is 41.9 Å². The third kappa shape index (κ3) is 4.27. The average Bonchev–Trinajstić information content (AvgIpc) is 3.35. The molecule has 0 spiro atoms. The molecule has 29 heavy (non-hydrogen) atoms. The Balaban J connectivity index is 1.30. The second-order valence-electron chi connectivity index (χ2n) is 8.09. The van der Waals surface area contributed by atoms with E-state index in [2.05, 4.69) is 46.7 Å². The zero-order valence-corrected chi connectivity index (χ0v) is 16.8. The summed E-state index contributed by atoms with van der Waals surface area (Å²) in [7, 11) is 0. The lowest BCUT2D eigenvalue weighted by molar-refractivity contribution is -0.129. The lowest BCUT2D eigenvalue weighted by Gasteiger charge is -2.35. The van der Waals surface area contributed by atoms with Gasteiger partial charge in [0, 0.05) is 31.7 Å². The normalized spacial score (nSPS) is 20.2. The van der Waals surface area contributed by atoms with Crippen molar-refractivity contribution in [2.24, 2.45) is 5.84 Å². The van der Waals surface area contributed by atoms with E-state index in [9.17, 15) is 9.59 Å². The van der Waals surface area contributed by atoms with Crippen molar-refractivity contribution in [3.05, 3.63) is 65.2 Å². The van der Waals surface area contributed by atoms with E-state index in [-0.39, 0.29) is 11.8 Å². The molecule has 2 amide bonds. The van der Waals surface area contributed by atoms with Gasteiger partial charge >= 0.3 is 0 Å². The number of nitrogens with one attached hydrogen (secondary N) is 1. The number of carbonyl (C=O) groups is 2. The minimum atomic E-state index is -0.182. The Morgan fingerprint density at radius 1 is 0.931 bits per heavy atom. The molecule has 2 aromatic carbocycles. The van der Waals surface area contributed by atoms with Gasteiger partial charge in [0.2, 0.25) is 11.8 Å². The standard InChI is InChI=1S/C23H28N4O2/c1-16(28)26-14-22-13-21(26)15-27(22)20-10-8-18(9-11-20)3-2-17-4-6-19(7-5-17)12-23(29)25-24/h4-11,21-22H,2-3,12-15,24H2,1H3,(H,25,29). The number of hydrazine groups is 1. The third-order valence-corrected chi connectivity index (χ3v) is 6.16. The molecule has 4 rings (SSSR count). The van der Waals surface area contributed by atoms with E-state index in [1.54, 1.807) is 6.92 Å². The smallest absolute Gasteiger partial charge is 0.238 e. The van der Waals surface area contributed by atoms with Crippen molar-refractivity contribution in [3.63, 3.8) is 0 Å². The first-order valence-electron chi connectivity index (χ1n) is 10.2. The van der Waals surface area contributed by atoms with E-state index in [1.165, 1.54) is 16.8 Å². The van der Waals surface area contributed by atoms with Crippen molar-refractivity contribution in [1.82, 2.24) is 10.3 Å². The molecule has 0 radical (unpaired) electrons. The summed E-state index contributed by atoms with van der Waals surface area (Å²) < 4.78 is 0. The van der Waals surface area contributed by atoms with Crippen LogP contribution in [0.15, 0.2) is 48.5 Å². The minimum absolute atomic E-state index is 0.182. The Bertz CT molecular complexity index is 879. The topological polar surface area (TPSA) is 78.7 Å². The fourth-order valence-electron chi connectivity index (χ4n) is 4.57. The van der Waals surface area contributed by atoms with E-state index in [0.29, 0.717) is 18.5 Å². The van der Waals surface area contributed by atoms with E-state index in [1.807, 2.05) is 17.0 Å². The number of hydrogen-bond donors (Lipinski definition) is 2. The van der Waals surface area contributed by atoms with Crippen LogP contribution in [0, 0.1) is 0 Å². The van der Waals surface area contributed by atoms with Crippen LogP contribution >= 0.6 is 0 Å². The van der Waals surface area contributed by atoms with Crippen molar-refractivity contribution in [1.29, 1.82) is 0 Å². The molecule has 3 N–H and O–H groups in total. The molecule has 2 unspecified atom stereocenters. The molecule has 6 heteroatoms. The van der Waals surface area contributed by atoms with Crippen LogP contribution < -0.4 is 16.2 Å². The summed E-state index contributed by atoms with van der Waals surface area (Å²) in [6.45, 7) is 3.47. The van der Waals surface area contributed by atoms with Gasteiger partial charge in [0.15, 0.2) is 0 Å². The van der Waals surface area contributed by atoms with Gasteiger partial charge in [-0.05, 0) is 48.1 Å². The molecule has 152 valence electrons. The lowest BCUT2D eigenvalue weighted by Crippen LogP contribution is -2.48. The van der Waals surface area contributed by atoms with Crippen LogP contribution in [0.4, 0.5) is 5.69 Å². The molecule has 2 heterocycles. The van der Waals surface area contributed by atoms with Crippen LogP contribution in [0.5, 0.6) is 0 Å². The maximum Gasteiger partial charge on any atom is 0.238 e. The number of aryl methyl sites for hydroxylation is 2. The number of nitrogens with zero attached hydrogens (tertiary/aromatic N) is 2. The number of amides is 2. The first kappa shape index (κ1) is 19.5. The SMILES string of the molecule is CC(=O)N1CC2CC1CN2c1ccc(CCc2ccc(CC(=O)NN)cc2)cc1. The molecule has 2 bridgehead atoms. The summed E-state index contributed by atoms with van der Waals surface area (Å²) in [5.74, 6) is 5.14. The summed E-state index contributed by atoms with van der Waals surface area (Å²) in [6.07, 6.45) is 3.34.